The lowest BCUT2D eigenvalue weighted by molar-refractivity contribution is -0.120. The third-order valence-electron chi connectivity index (χ3n) is 3.69. The number of unbranched alkanes of at least 4 members (excludes halogenated alkanes) is 1. The Morgan fingerprint density at radius 1 is 1.57 bits per heavy atom. The zero-order valence-corrected chi connectivity index (χ0v) is 14.9. The summed E-state index contributed by atoms with van der Waals surface area (Å²) in [6, 6.07) is -0.322. The quantitative estimate of drug-likeness (QED) is 0.668. The molecule has 1 fully saturated rings. The van der Waals surface area contributed by atoms with Crippen molar-refractivity contribution in [3.8, 4) is 0 Å². The number of hydrogen-bond acceptors (Lipinski definition) is 6. The van der Waals surface area contributed by atoms with Gasteiger partial charge in [-0.25, -0.2) is 18.3 Å². The van der Waals surface area contributed by atoms with Crippen LogP contribution in [0.2, 0.25) is 0 Å². The number of carbonyl (C=O) groups is 1. The Kier molecular flexibility index (Phi) is 5.90. The molecule has 0 aromatic carbocycles. The van der Waals surface area contributed by atoms with Gasteiger partial charge in [-0.3, -0.25) is 9.36 Å². The van der Waals surface area contributed by atoms with Gasteiger partial charge in [-0.2, -0.15) is 0 Å². The van der Waals surface area contributed by atoms with Gasteiger partial charge in [0, 0.05) is 12.6 Å². The van der Waals surface area contributed by atoms with Crippen LogP contribution in [0, 0.1) is 0 Å². The number of H-pyrrole nitrogens is 1. The smallest absolute Gasteiger partial charge is 0.343 e. The number of aromatic amines is 1. The van der Waals surface area contributed by atoms with Gasteiger partial charge < -0.3 is 5.32 Å². The summed E-state index contributed by atoms with van der Waals surface area (Å²) < 4.78 is 24.4. The van der Waals surface area contributed by atoms with Crippen molar-refractivity contribution in [3.63, 3.8) is 0 Å². The van der Waals surface area contributed by atoms with Crippen molar-refractivity contribution < 1.29 is 13.2 Å². The first kappa shape index (κ1) is 18.1. The molecule has 10 heteroatoms. The third-order valence-corrected chi connectivity index (χ3v) is 6.55. The summed E-state index contributed by atoms with van der Waals surface area (Å²) in [5.74, 6) is -0.121. The molecule has 23 heavy (non-hydrogen) atoms. The van der Waals surface area contributed by atoms with Gasteiger partial charge in [0.1, 0.15) is 0 Å². The second kappa shape index (κ2) is 7.52. The predicted molar refractivity (Wildman–Crippen MR) is 88.3 cm³/mol. The summed E-state index contributed by atoms with van der Waals surface area (Å²) in [4.78, 5) is 23.9. The highest BCUT2D eigenvalue weighted by Gasteiger charge is 2.30. The van der Waals surface area contributed by atoms with Crippen LogP contribution in [-0.2, 0) is 21.2 Å². The molecule has 1 saturated heterocycles. The van der Waals surface area contributed by atoms with E-state index in [0.717, 1.165) is 12.8 Å². The molecule has 2 heterocycles. The van der Waals surface area contributed by atoms with Crippen LogP contribution >= 0.6 is 11.8 Å². The first-order valence-electron chi connectivity index (χ1n) is 7.65. The van der Waals surface area contributed by atoms with E-state index in [1.807, 2.05) is 6.92 Å². The molecule has 0 aliphatic carbocycles. The standard InChI is InChI=1S/C13H22N4O4S2/c1-3-4-6-17-12(19)15-16-13(17)22-9(2)11(18)14-10-5-7-23(20,21)8-10/h9-10H,3-8H2,1-2H3,(H,14,18)(H,15,19)/t9-,10+/m1/s1. The zero-order valence-electron chi connectivity index (χ0n) is 13.2. The summed E-state index contributed by atoms with van der Waals surface area (Å²) in [5, 5.41) is 9.13. The molecule has 2 N–H and O–H groups in total. The van der Waals surface area contributed by atoms with Gasteiger partial charge in [0.25, 0.3) is 0 Å². The summed E-state index contributed by atoms with van der Waals surface area (Å²) >= 11 is 1.19. The van der Waals surface area contributed by atoms with E-state index in [2.05, 4.69) is 15.5 Å². The SMILES string of the molecule is CCCCn1c(S[C@H](C)C(=O)N[C@H]2CCS(=O)(=O)C2)n[nH]c1=O. The van der Waals surface area contributed by atoms with Gasteiger partial charge in [-0.15, -0.1) is 5.10 Å². The molecule has 8 nitrogen and oxygen atoms in total. The normalized spacial score (nSPS) is 21.2. The molecule has 2 atom stereocenters. The highest BCUT2D eigenvalue weighted by Crippen LogP contribution is 2.21. The second-order valence-corrected chi connectivity index (χ2v) is 9.22. The Morgan fingerprint density at radius 2 is 2.30 bits per heavy atom. The van der Waals surface area contributed by atoms with Gasteiger partial charge in [-0.1, -0.05) is 25.1 Å². The minimum Gasteiger partial charge on any atom is -0.351 e. The molecule has 130 valence electrons. The highest BCUT2D eigenvalue weighted by molar-refractivity contribution is 8.00. The molecule has 0 radical (unpaired) electrons. The molecule has 2 rings (SSSR count). The Hall–Kier alpha value is -1.29. The maximum absolute atomic E-state index is 12.2. The van der Waals surface area contributed by atoms with Crippen molar-refractivity contribution in [1.29, 1.82) is 0 Å². The Balaban J connectivity index is 1.95. The van der Waals surface area contributed by atoms with Gasteiger partial charge in [-0.05, 0) is 19.8 Å². The molecule has 0 unspecified atom stereocenters. The summed E-state index contributed by atoms with van der Waals surface area (Å²) in [5.41, 5.74) is -0.282. The van der Waals surface area contributed by atoms with Crippen LogP contribution in [0.3, 0.4) is 0 Å². The molecule has 0 saturated carbocycles. The monoisotopic (exact) mass is 362 g/mol. The lowest BCUT2D eigenvalue weighted by atomic mass is 10.2. The predicted octanol–water partition coefficient (Wildman–Crippen LogP) is 0.155. The highest BCUT2D eigenvalue weighted by atomic mass is 32.2. The number of rotatable bonds is 7. The van der Waals surface area contributed by atoms with Crippen LogP contribution in [0.5, 0.6) is 0 Å². The van der Waals surface area contributed by atoms with Crippen LogP contribution in [0.4, 0.5) is 0 Å². The first-order valence-corrected chi connectivity index (χ1v) is 10.3. The van der Waals surface area contributed by atoms with Crippen LogP contribution in [0.25, 0.3) is 0 Å². The van der Waals surface area contributed by atoms with E-state index in [1.165, 1.54) is 16.3 Å². The number of nitrogens with one attached hydrogen (secondary N) is 2. The molecule has 1 aromatic rings. The maximum Gasteiger partial charge on any atom is 0.343 e. The fourth-order valence-corrected chi connectivity index (χ4v) is 4.91. The summed E-state index contributed by atoms with van der Waals surface area (Å²) in [7, 11) is -3.02. The van der Waals surface area contributed by atoms with E-state index in [0.29, 0.717) is 18.1 Å². The van der Waals surface area contributed by atoms with Crippen LogP contribution in [-0.4, -0.2) is 51.9 Å². The van der Waals surface area contributed by atoms with E-state index in [9.17, 15) is 18.0 Å². The molecule has 1 amide bonds. The number of hydrogen-bond donors (Lipinski definition) is 2. The van der Waals surface area contributed by atoms with Gasteiger partial charge in [0.05, 0.1) is 16.8 Å². The van der Waals surface area contributed by atoms with Gasteiger partial charge in [0.2, 0.25) is 5.91 Å². The molecule has 1 aromatic heterocycles. The number of carbonyl (C=O) groups excluding carboxylic acids is 1. The minimum absolute atomic E-state index is 0.000258. The number of thioether (sulfide) groups is 1. The number of sulfone groups is 1. The van der Waals surface area contributed by atoms with E-state index in [1.54, 1.807) is 6.92 Å². The van der Waals surface area contributed by atoms with E-state index in [-0.39, 0.29) is 29.1 Å². The number of aromatic nitrogens is 3. The average molecular weight is 362 g/mol. The molecule has 0 bridgehead atoms. The summed E-state index contributed by atoms with van der Waals surface area (Å²) in [6.45, 7) is 4.31. The maximum atomic E-state index is 12.2. The van der Waals surface area contributed by atoms with Gasteiger partial charge in [0.15, 0.2) is 15.0 Å². The average Bonchev–Trinajstić information content (AvgIpc) is 2.99. The van der Waals surface area contributed by atoms with E-state index < -0.39 is 15.1 Å². The lowest BCUT2D eigenvalue weighted by Crippen LogP contribution is -2.40. The first-order chi connectivity index (χ1) is 10.8. The van der Waals surface area contributed by atoms with Crippen LogP contribution in [0.15, 0.2) is 9.95 Å². The molecule has 1 aliphatic heterocycles. The Bertz CT molecular complexity index is 710. The van der Waals surface area contributed by atoms with Gasteiger partial charge >= 0.3 is 5.69 Å². The molecule has 1 aliphatic rings. The van der Waals surface area contributed by atoms with E-state index in [4.69, 9.17) is 0 Å². The topological polar surface area (TPSA) is 114 Å². The molecular weight excluding hydrogens is 340 g/mol. The number of amides is 1. The van der Waals surface area contributed by atoms with Crippen molar-refractivity contribution in [2.75, 3.05) is 11.5 Å². The fourth-order valence-electron chi connectivity index (χ4n) is 2.35. The largest absolute Gasteiger partial charge is 0.351 e. The van der Waals surface area contributed by atoms with Crippen molar-refractivity contribution in [1.82, 2.24) is 20.1 Å². The summed E-state index contributed by atoms with van der Waals surface area (Å²) in [6.07, 6.45) is 2.26. The van der Waals surface area contributed by atoms with Crippen LogP contribution < -0.4 is 11.0 Å². The van der Waals surface area contributed by atoms with Crippen molar-refractivity contribution in [2.45, 2.75) is 56.1 Å². The fraction of sp³-hybridized carbons (Fsp3) is 0.769. The minimum atomic E-state index is -3.02. The Labute approximate surface area is 139 Å². The third kappa shape index (κ3) is 4.84. The van der Waals surface area contributed by atoms with Crippen molar-refractivity contribution >= 4 is 27.5 Å². The lowest BCUT2D eigenvalue weighted by Gasteiger charge is -2.15. The molecular formula is C13H22N4O4S2. The van der Waals surface area contributed by atoms with Crippen molar-refractivity contribution in [2.24, 2.45) is 0 Å². The second-order valence-electron chi connectivity index (χ2n) is 5.69. The van der Waals surface area contributed by atoms with E-state index >= 15 is 0 Å². The van der Waals surface area contributed by atoms with Crippen LogP contribution in [0.1, 0.15) is 33.1 Å². The Morgan fingerprint density at radius 3 is 2.91 bits per heavy atom. The molecule has 0 spiro atoms. The number of nitrogens with zero attached hydrogens (tertiary/aromatic N) is 2. The van der Waals surface area contributed by atoms with Crippen molar-refractivity contribution in [3.05, 3.63) is 10.5 Å². The zero-order chi connectivity index (χ0) is 17.0.